The highest BCUT2D eigenvalue weighted by atomic mass is 16.5. The fourth-order valence-electron chi connectivity index (χ4n) is 3.40. The van der Waals surface area contributed by atoms with Gasteiger partial charge in [0.05, 0.1) is 6.61 Å². The smallest absolute Gasteiger partial charge is 0.0589 e. The van der Waals surface area contributed by atoms with Gasteiger partial charge >= 0.3 is 0 Å². The molecule has 3 nitrogen and oxygen atoms in total. The van der Waals surface area contributed by atoms with Crippen molar-refractivity contribution in [3.63, 3.8) is 0 Å². The highest BCUT2D eigenvalue weighted by Gasteiger charge is 2.35. The van der Waals surface area contributed by atoms with E-state index in [1.807, 2.05) is 7.11 Å². The first-order chi connectivity index (χ1) is 10.1. The molecule has 1 rings (SSSR count). The minimum absolute atomic E-state index is 0.376. The second-order valence-electron chi connectivity index (χ2n) is 7.28. The third kappa shape index (κ3) is 7.12. The van der Waals surface area contributed by atoms with Gasteiger partial charge in [-0.15, -0.1) is 0 Å². The van der Waals surface area contributed by atoms with E-state index >= 15 is 0 Å². The first-order valence-electron chi connectivity index (χ1n) is 9.00. The number of rotatable bonds is 13. The van der Waals surface area contributed by atoms with Gasteiger partial charge in [0.25, 0.3) is 0 Å². The standard InChI is InChI=1S/C18H38N2O/c1-6-10-18(4,14-19-11-7-2)15-20(12-13-21-5)16(3)17-8-9-17/h16-17,19H,6-15H2,1-5H3. The molecule has 2 atom stereocenters. The van der Waals surface area contributed by atoms with Gasteiger partial charge in [-0.2, -0.15) is 0 Å². The van der Waals surface area contributed by atoms with E-state index in [9.17, 15) is 0 Å². The molecule has 1 N–H and O–H groups in total. The molecular formula is C18H38N2O. The molecule has 0 amide bonds. The molecule has 3 heteroatoms. The first-order valence-corrected chi connectivity index (χ1v) is 9.00. The summed E-state index contributed by atoms with van der Waals surface area (Å²) >= 11 is 0. The summed E-state index contributed by atoms with van der Waals surface area (Å²) in [5, 5.41) is 3.65. The van der Waals surface area contributed by atoms with Gasteiger partial charge in [0.15, 0.2) is 0 Å². The van der Waals surface area contributed by atoms with Crippen LogP contribution in [-0.4, -0.2) is 50.8 Å². The second-order valence-corrected chi connectivity index (χ2v) is 7.28. The summed E-state index contributed by atoms with van der Waals surface area (Å²) in [5.41, 5.74) is 0.376. The van der Waals surface area contributed by atoms with E-state index in [0.717, 1.165) is 32.2 Å². The Bertz CT molecular complexity index is 268. The molecule has 21 heavy (non-hydrogen) atoms. The zero-order valence-electron chi connectivity index (χ0n) is 15.1. The lowest BCUT2D eigenvalue weighted by Crippen LogP contribution is -2.47. The molecule has 0 radical (unpaired) electrons. The molecule has 0 aliphatic heterocycles. The Hall–Kier alpha value is -0.120. The van der Waals surface area contributed by atoms with Crippen LogP contribution in [0.4, 0.5) is 0 Å². The van der Waals surface area contributed by atoms with Crippen molar-refractivity contribution in [2.24, 2.45) is 11.3 Å². The van der Waals surface area contributed by atoms with Crippen molar-refractivity contribution in [1.82, 2.24) is 10.2 Å². The van der Waals surface area contributed by atoms with E-state index in [4.69, 9.17) is 4.74 Å². The topological polar surface area (TPSA) is 24.5 Å². The Morgan fingerprint density at radius 3 is 2.52 bits per heavy atom. The Balaban J connectivity index is 2.59. The van der Waals surface area contributed by atoms with E-state index in [1.165, 1.54) is 38.6 Å². The summed E-state index contributed by atoms with van der Waals surface area (Å²) in [6, 6.07) is 0.711. The largest absolute Gasteiger partial charge is 0.383 e. The molecular weight excluding hydrogens is 260 g/mol. The van der Waals surface area contributed by atoms with Crippen molar-refractivity contribution < 1.29 is 4.74 Å². The molecule has 0 spiro atoms. The predicted molar refractivity (Wildman–Crippen MR) is 91.8 cm³/mol. The van der Waals surface area contributed by atoms with Gasteiger partial charge in [-0.3, -0.25) is 4.90 Å². The van der Waals surface area contributed by atoms with E-state index in [-0.39, 0.29) is 0 Å². The Morgan fingerprint density at radius 2 is 2.00 bits per heavy atom. The van der Waals surface area contributed by atoms with E-state index in [2.05, 4.69) is 37.9 Å². The second kappa shape index (κ2) is 9.81. The SMILES string of the molecule is CCCNCC(C)(CCC)CN(CCOC)C(C)C1CC1. The molecule has 0 aromatic heterocycles. The lowest BCUT2D eigenvalue weighted by molar-refractivity contribution is 0.0732. The summed E-state index contributed by atoms with van der Waals surface area (Å²) in [5.74, 6) is 0.927. The number of hydrogen-bond donors (Lipinski definition) is 1. The van der Waals surface area contributed by atoms with Crippen molar-refractivity contribution in [3.05, 3.63) is 0 Å². The fraction of sp³-hybridized carbons (Fsp3) is 1.00. The third-order valence-electron chi connectivity index (χ3n) is 4.88. The summed E-state index contributed by atoms with van der Waals surface area (Å²) in [6.07, 6.45) is 6.62. The van der Waals surface area contributed by atoms with Crippen LogP contribution in [0, 0.1) is 11.3 Å². The van der Waals surface area contributed by atoms with E-state index < -0.39 is 0 Å². The zero-order valence-corrected chi connectivity index (χ0v) is 15.1. The predicted octanol–water partition coefficient (Wildman–Crippen LogP) is 3.54. The molecule has 126 valence electrons. The average molecular weight is 299 g/mol. The lowest BCUT2D eigenvalue weighted by atomic mass is 9.84. The van der Waals surface area contributed by atoms with Crippen LogP contribution in [-0.2, 0) is 4.74 Å². The van der Waals surface area contributed by atoms with Crippen molar-refractivity contribution in [3.8, 4) is 0 Å². The van der Waals surface area contributed by atoms with Crippen molar-refractivity contribution in [2.45, 2.75) is 65.8 Å². The Labute approximate surface area is 132 Å². The van der Waals surface area contributed by atoms with E-state index in [0.29, 0.717) is 11.5 Å². The molecule has 0 saturated heterocycles. The monoisotopic (exact) mass is 298 g/mol. The van der Waals surface area contributed by atoms with Crippen LogP contribution in [0.5, 0.6) is 0 Å². The van der Waals surface area contributed by atoms with Crippen LogP contribution in [0.15, 0.2) is 0 Å². The summed E-state index contributed by atoms with van der Waals surface area (Å²) < 4.78 is 5.34. The number of hydrogen-bond acceptors (Lipinski definition) is 3. The maximum Gasteiger partial charge on any atom is 0.0589 e. The minimum Gasteiger partial charge on any atom is -0.383 e. The molecule has 1 aliphatic rings. The Kier molecular flexibility index (Phi) is 8.84. The van der Waals surface area contributed by atoms with Gasteiger partial charge in [0.1, 0.15) is 0 Å². The number of ether oxygens (including phenoxy) is 1. The van der Waals surface area contributed by atoms with Gasteiger partial charge in [-0.05, 0) is 50.5 Å². The van der Waals surface area contributed by atoms with Crippen LogP contribution in [0.3, 0.4) is 0 Å². The molecule has 2 unspecified atom stereocenters. The average Bonchev–Trinajstić information content (AvgIpc) is 3.28. The van der Waals surface area contributed by atoms with Crippen molar-refractivity contribution >= 4 is 0 Å². The third-order valence-corrected chi connectivity index (χ3v) is 4.88. The highest BCUT2D eigenvalue weighted by molar-refractivity contribution is 4.89. The fourth-order valence-corrected chi connectivity index (χ4v) is 3.40. The van der Waals surface area contributed by atoms with Gasteiger partial charge in [0.2, 0.25) is 0 Å². The van der Waals surface area contributed by atoms with Gasteiger partial charge < -0.3 is 10.1 Å². The molecule has 0 bridgehead atoms. The summed E-state index contributed by atoms with van der Waals surface area (Å²) in [6.45, 7) is 14.8. The maximum atomic E-state index is 5.34. The maximum absolute atomic E-state index is 5.34. The minimum atomic E-state index is 0.376. The number of nitrogens with one attached hydrogen (secondary N) is 1. The van der Waals surface area contributed by atoms with Crippen LogP contribution < -0.4 is 5.32 Å². The molecule has 0 heterocycles. The molecule has 1 fully saturated rings. The van der Waals surface area contributed by atoms with Crippen molar-refractivity contribution in [2.75, 3.05) is 39.9 Å². The quantitative estimate of drug-likeness (QED) is 0.526. The zero-order chi connectivity index (χ0) is 15.7. The molecule has 0 aromatic rings. The number of methoxy groups -OCH3 is 1. The van der Waals surface area contributed by atoms with Crippen LogP contribution >= 0.6 is 0 Å². The highest BCUT2D eigenvalue weighted by Crippen LogP contribution is 2.36. The normalized spacial score (nSPS) is 19.7. The molecule has 1 saturated carbocycles. The lowest BCUT2D eigenvalue weighted by Gasteiger charge is -2.39. The van der Waals surface area contributed by atoms with Gasteiger partial charge in [-0.1, -0.05) is 27.2 Å². The summed E-state index contributed by atoms with van der Waals surface area (Å²) in [7, 11) is 1.81. The molecule has 0 aromatic carbocycles. The Morgan fingerprint density at radius 1 is 1.29 bits per heavy atom. The van der Waals surface area contributed by atoms with Gasteiger partial charge in [0, 0.05) is 32.8 Å². The van der Waals surface area contributed by atoms with Crippen molar-refractivity contribution in [1.29, 1.82) is 0 Å². The van der Waals surface area contributed by atoms with Crippen LogP contribution in [0.1, 0.15) is 59.8 Å². The summed E-state index contributed by atoms with van der Waals surface area (Å²) in [4.78, 5) is 2.68. The first kappa shape index (κ1) is 18.9. The number of nitrogens with zero attached hydrogens (tertiary/aromatic N) is 1. The van der Waals surface area contributed by atoms with Gasteiger partial charge in [-0.25, -0.2) is 0 Å². The van der Waals surface area contributed by atoms with Crippen LogP contribution in [0.25, 0.3) is 0 Å². The molecule has 1 aliphatic carbocycles. The van der Waals surface area contributed by atoms with Crippen LogP contribution in [0.2, 0.25) is 0 Å². The van der Waals surface area contributed by atoms with E-state index in [1.54, 1.807) is 0 Å².